The highest BCUT2D eigenvalue weighted by Crippen LogP contribution is 2.08. The van der Waals surface area contributed by atoms with E-state index in [-0.39, 0.29) is 6.61 Å². The van der Waals surface area contributed by atoms with E-state index in [9.17, 15) is 0 Å². The Kier molecular flexibility index (Phi) is 4.18. The Morgan fingerprint density at radius 1 is 1.50 bits per heavy atom. The van der Waals surface area contributed by atoms with Gasteiger partial charge in [-0.2, -0.15) is 4.98 Å². The first kappa shape index (κ1) is 10.8. The summed E-state index contributed by atoms with van der Waals surface area (Å²) < 4.78 is 0. The molecular formula is C8H17N5O. The number of aromatic amines is 1. The van der Waals surface area contributed by atoms with Crippen molar-refractivity contribution in [3.63, 3.8) is 0 Å². The maximum Gasteiger partial charge on any atom is 0.246 e. The fourth-order valence-electron chi connectivity index (χ4n) is 1.19. The first-order valence-electron chi connectivity index (χ1n) is 4.81. The fraction of sp³-hybridized carbons (Fsp3) is 0.750. The average molecular weight is 199 g/mol. The molecule has 1 aromatic rings. The number of hydrogen-bond donors (Lipinski definition) is 3. The molecular weight excluding hydrogens is 182 g/mol. The summed E-state index contributed by atoms with van der Waals surface area (Å²) in [6.45, 7) is 3.59. The third kappa shape index (κ3) is 2.88. The first-order valence-corrected chi connectivity index (χ1v) is 4.81. The number of hydrogen-bond acceptors (Lipinski definition) is 5. The minimum absolute atomic E-state index is 0.0954. The molecule has 0 spiro atoms. The van der Waals surface area contributed by atoms with Crippen molar-refractivity contribution in [2.45, 2.75) is 19.8 Å². The van der Waals surface area contributed by atoms with Crippen LogP contribution in [0.2, 0.25) is 0 Å². The summed E-state index contributed by atoms with van der Waals surface area (Å²) in [7, 11) is 0. The van der Waals surface area contributed by atoms with E-state index in [4.69, 9.17) is 10.8 Å². The van der Waals surface area contributed by atoms with Crippen LogP contribution in [-0.2, 0) is 0 Å². The molecule has 0 radical (unpaired) electrons. The Balaban J connectivity index is 2.57. The number of nitrogen functional groups attached to an aromatic ring is 1. The molecule has 6 heteroatoms. The molecule has 4 N–H and O–H groups in total. The van der Waals surface area contributed by atoms with Gasteiger partial charge in [-0.15, -0.1) is 5.10 Å². The number of H-pyrrole nitrogens is 1. The van der Waals surface area contributed by atoms with Gasteiger partial charge in [0, 0.05) is 13.1 Å². The number of nitrogens with zero attached hydrogens (tertiary/aromatic N) is 3. The van der Waals surface area contributed by atoms with E-state index >= 15 is 0 Å². The number of rotatable bonds is 6. The topological polar surface area (TPSA) is 91.1 Å². The van der Waals surface area contributed by atoms with Gasteiger partial charge < -0.3 is 15.7 Å². The highest BCUT2D eigenvalue weighted by Gasteiger charge is 2.09. The van der Waals surface area contributed by atoms with E-state index in [1.807, 2.05) is 4.90 Å². The Labute approximate surface area is 83.1 Å². The van der Waals surface area contributed by atoms with Crippen LogP contribution in [0.3, 0.4) is 0 Å². The van der Waals surface area contributed by atoms with Gasteiger partial charge in [0.2, 0.25) is 11.9 Å². The molecule has 1 rings (SSSR count). The lowest BCUT2D eigenvalue weighted by Gasteiger charge is -2.18. The van der Waals surface area contributed by atoms with Crippen LogP contribution in [0, 0.1) is 0 Å². The summed E-state index contributed by atoms with van der Waals surface area (Å²) in [5.41, 5.74) is 5.42. The van der Waals surface area contributed by atoms with E-state index in [1.54, 1.807) is 0 Å². The molecule has 0 aliphatic heterocycles. The van der Waals surface area contributed by atoms with Gasteiger partial charge in [0.25, 0.3) is 0 Å². The number of nitrogens with two attached hydrogens (primary N) is 1. The largest absolute Gasteiger partial charge is 0.395 e. The Morgan fingerprint density at radius 3 is 2.79 bits per heavy atom. The summed E-state index contributed by atoms with van der Waals surface area (Å²) in [5.74, 6) is 0.865. The number of aromatic nitrogens is 3. The molecule has 14 heavy (non-hydrogen) atoms. The first-order chi connectivity index (χ1) is 6.77. The number of aliphatic hydroxyl groups excluding tert-OH is 1. The molecule has 0 saturated carbocycles. The molecule has 0 unspecified atom stereocenters. The van der Waals surface area contributed by atoms with Gasteiger partial charge in [0.1, 0.15) is 0 Å². The van der Waals surface area contributed by atoms with Crippen LogP contribution in [0.15, 0.2) is 0 Å². The van der Waals surface area contributed by atoms with Crippen molar-refractivity contribution in [1.82, 2.24) is 15.2 Å². The maximum absolute atomic E-state index is 8.87. The van der Waals surface area contributed by atoms with Crippen molar-refractivity contribution in [2.75, 3.05) is 30.3 Å². The lowest BCUT2D eigenvalue weighted by atomic mass is 10.3. The summed E-state index contributed by atoms with van der Waals surface area (Å²) >= 11 is 0. The van der Waals surface area contributed by atoms with Gasteiger partial charge in [-0.3, -0.25) is 0 Å². The Bertz CT molecular complexity index is 262. The van der Waals surface area contributed by atoms with Gasteiger partial charge in [-0.25, -0.2) is 5.10 Å². The normalized spacial score (nSPS) is 10.4. The fourth-order valence-corrected chi connectivity index (χ4v) is 1.19. The van der Waals surface area contributed by atoms with Crippen molar-refractivity contribution >= 4 is 11.9 Å². The van der Waals surface area contributed by atoms with Crippen molar-refractivity contribution in [3.05, 3.63) is 0 Å². The average Bonchev–Trinajstić information content (AvgIpc) is 2.59. The van der Waals surface area contributed by atoms with Crippen LogP contribution >= 0.6 is 0 Å². The minimum Gasteiger partial charge on any atom is -0.395 e. The van der Waals surface area contributed by atoms with Gasteiger partial charge in [0.15, 0.2) is 0 Å². The Hall–Kier alpha value is -1.30. The molecule has 0 bridgehead atoms. The van der Waals surface area contributed by atoms with Crippen molar-refractivity contribution in [2.24, 2.45) is 0 Å². The summed E-state index contributed by atoms with van der Waals surface area (Å²) in [6.07, 6.45) is 2.15. The molecule has 0 aromatic carbocycles. The standard InChI is InChI=1S/C8H17N5O/c1-2-3-4-13(5-6-14)8-10-7(9)11-12-8/h14H,2-6H2,1H3,(H3,9,10,11,12). The third-order valence-corrected chi connectivity index (χ3v) is 1.93. The predicted octanol–water partition coefficient (Wildman–Crippen LogP) is -0.0143. The number of nitrogens with one attached hydrogen (secondary N) is 1. The monoisotopic (exact) mass is 199 g/mol. The summed E-state index contributed by atoms with van der Waals surface area (Å²) in [5, 5.41) is 15.4. The predicted molar refractivity (Wildman–Crippen MR) is 55.0 cm³/mol. The van der Waals surface area contributed by atoms with Crippen molar-refractivity contribution < 1.29 is 5.11 Å². The lowest BCUT2D eigenvalue weighted by molar-refractivity contribution is 0.301. The number of aliphatic hydroxyl groups is 1. The maximum atomic E-state index is 8.87. The quantitative estimate of drug-likeness (QED) is 0.599. The van der Waals surface area contributed by atoms with Crippen LogP contribution in [-0.4, -0.2) is 40.0 Å². The van der Waals surface area contributed by atoms with Crippen LogP contribution in [0.25, 0.3) is 0 Å². The van der Waals surface area contributed by atoms with E-state index in [1.165, 1.54) is 0 Å². The lowest BCUT2D eigenvalue weighted by Crippen LogP contribution is -2.28. The molecule has 0 aliphatic rings. The second kappa shape index (κ2) is 5.43. The molecule has 0 saturated heterocycles. The Morgan fingerprint density at radius 2 is 2.29 bits per heavy atom. The molecule has 0 fully saturated rings. The van der Waals surface area contributed by atoms with Gasteiger partial charge in [-0.05, 0) is 6.42 Å². The molecule has 0 amide bonds. The SMILES string of the molecule is CCCCN(CCO)c1n[nH]c(N)n1. The highest BCUT2D eigenvalue weighted by atomic mass is 16.3. The summed E-state index contributed by atoms with van der Waals surface area (Å²) in [4.78, 5) is 5.92. The highest BCUT2D eigenvalue weighted by molar-refractivity contribution is 5.33. The van der Waals surface area contributed by atoms with E-state index in [0.717, 1.165) is 19.4 Å². The van der Waals surface area contributed by atoms with Gasteiger partial charge >= 0.3 is 0 Å². The van der Waals surface area contributed by atoms with Gasteiger partial charge in [-0.1, -0.05) is 13.3 Å². The number of anilines is 2. The second-order valence-corrected chi connectivity index (χ2v) is 3.08. The van der Waals surface area contributed by atoms with Crippen LogP contribution in [0.4, 0.5) is 11.9 Å². The molecule has 1 aromatic heterocycles. The van der Waals surface area contributed by atoms with Crippen LogP contribution < -0.4 is 10.6 Å². The zero-order chi connectivity index (χ0) is 10.4. The van der Waals surface area contributed by atoms with Crippen LogP contribution in [0.5, 0.6) is 0 Å². The molecule has 1 heterocycles. The zero-order valence-electron chi connectivity index (χ0n) is 8.40. The minimum atomic E-state index is 0.0954. The zero-order valence-corrected chi connectivity index (χ0v) is 8.40. The van der Waals surface area contributed by atoms with E-state index < -0.39 is 0 Å². The number of unbranched alkanes of at least 4 members (excludes halogenated alkanes) is 1. The smallest absolute Gasteiger partial charge is 0.246 e. The molecule has 0 aliphatic carbocycles. The van der Waals surface area contributed by atoms with E-state index in [0.29, 0.717) is 18.4 Å². The molecule has 80 valence electrons. The van der Waals surface area contributed by atoms with Crippen molar-refractivity contribution in [1.29, 1.82) is 0 Å². The molecule has 6 nitrogen and oxygen atoms in total. The summed E-state index contributed by atoms with van der Waals surface area (Å²) in [6, 6.07) is 0. The van der Waals surface area contributed by atoms with E-state index in [2.05, 4.69) is 22.1 Å². The molecule has 0 atom stereocenters. The van der Waals surface area contributed by atoms with Gasteiger partial charge in [0.05, 0.1) is 6.61 Å². The van der Waals surface area contributed by atoms with Crippen LogP contribution in [0.1, 0.15) is 19.8 Å². The van der Waals surface area contributed by atoms with Crippen molar-refractivity contribution in [3.8, 4) is 0 Å². The third-order valence-electron chi connectivity index (χ3n) is 1.93. The second-order valence-electron chi connectivity index (χ2n) is 3.08.